The molecule has 0 amide bonds. The van der Waals surface area contributed by atoms with Crippen LogP contribution in [0.2, 0.25) is 0 Å². The Balaban J connectivity index is 2.12. The number of nitrogens with zero attached hydrogens (tertiary/aromatic N) is 1. The standard InChI is InChI=1S/C14H20FNO2S/c1-11(2)12-7-9-16(10-8-12)19(17,18)14-5-3-13(15)4-6-14/h3-6,11-12H,7-10H2,1-2H3. The van der Waals surface area contributed by atoms with Crippen LogP contribution in [0.3, 0.4) is 0 Å². The second-order valence-corrected chi connectivity index (χ2v) is 7.38. The summed E-state index contributed by atoms with van der Waals surface area (Å²) in [5.41, 5.74) is 0. The molecule has 3 nitrogen and oxygen atoms in total. The molecule has 1 aliphatic rings. The number of benzene rings is 1. The molecule has 1 aliphatic heterocycles. The average molecular weight is 285 g/mol. The first kappa shape index (κ1) is 14.5. The van der Waals surface area contributed by atoms with Crippen molar-refractivity contribution in [3.8, 4) is 0 Å². The van der Waals surface area contributed by atoms with E-state index in [1.165, 1.54) is 28.6 Å². The minimum absolute atomic E-state index is 0.178. The van der Waals surface area contributed by atoms with Gasteiger partial charge in [0.1, 0.15) is 5.82 Å². The molecule has 1 saturated heterocycles. The molecule has 0 spiro atoms. The van der Waals surface area contributed by atoms with Crippen LogP contribution in [0.15, 0.2) is 29.2 Å². The SMILES string of the molecule is CC(C)C1CCN(S(=O)(=O)c2ccc(F)cc2)CC1. The largest absolute Gasteiger partial charge is 0.243 e. The molecule has 2 rings (SSSR count). The summed E-state index contributed by atoms with van der Waals surface area (Å²) in [6.45, 7) is 5.47. The Morgan fingerprint density at radius 1 is 1.16 bits per heavy atom. The predicted octanol–water partition coefficient (Wildman–Crippen LogP) is 2.88. The van der Waals surface area contributed by atoms with Crippen LogP contribution in [-0.4, -0.2) is 25.8 Å². The second-order valence-electron chi connectivity index (χ2n) is 5.44. The first-order chi connectivity index (χ1) is 8.91. The van der Waals surface area contributed by atoms with E-state index in [1.807, 2.05) is 0 Å². The van der Waals surface area contributed by atoms with Gasteiger partial charge in [0, 0.05) is 13.1 Å². The number of hydrogen-bond acceptors (Lipinski definition) is 2. The number of hydrogen-bond donors (Lipinski definition) is 0. The zero-order valence-electron chi connectivity index (χ0n) is 11.3. The van der Waals surface area contributed by atoms with Crippen molar-refractivity contribution in [2.24, 2.45) is 11.8 Å². The van der Waals surface area contributed by atoms with Gasteiger partial charge in [-0.2, -0.15) is 4.31 Å². The van der Waals surface area contributed by atoms with Gasteiger partial charge in [-0.25, -0.2) is 12.8 Å². The topological polar surface area (TPSA) is 37.4 Å². The van der Waals surface area contributed by atoms with Gasteiger partial charge in [0.2, 0.25) is 10.0 Å². The second kappa shape index (κ2) is 5.59. The van der Waals surface area contributed by atoms with Crippen LogP contribution >= 0.6 is 0 Å². The van der Waals surface area contributed by atoms with Crippen LogP contribution in [0.1, 0.15) is 26.7 Å². The predicted molar refractivity (Wildman–Crippen MR) is 72.7 cm³/mol. The highest BCUT2D eigenvalue weighted by atomic mass is 32.2. The summed E-state index contributed by atoms with van der Waals surface area (Å²) in [6, 6.07) is 5.04. The molecule has 0 unspecified atom stereocenters. The van der Waals surface area contributed by atoms with Crippen molar-refractivity contribution < 1.29 is 12.8 Å². The van der Waals surface area contributed by atoms with E-state index in [4.69, 9.17) is 0 Å². The first-order valence-corrected chi connectivity index (χ1v) is 8.11. The Morgan fingerprint density at radius 2 is 1.68 bits per heavy atom. The molecule has 19 heavy (non-hydrogen) atoms. The van der Waals surface area contributed by atoms with E-state index in [0.717, 1.165) is 12.8 Å². The fourth-order valence-electron chi connectivity index (χ4n) is 2.54. The minimum atomic E-state index is -3.46. The lowest BCUT2D eigenvalue weighted by Gasteiger charge is -2.33. The molecule has 0 aromatic heterocycles. The molecule has 0 atom stereocenters. The maximum atomic E-state index is 12.8. The van der Waals surface area contributed by atoms with Crippen LogP contribution in [0.4, 0.5) is 4.39 Å². The number of rotatable bonds is 3. The van der Waals surface area contributed by atoms with Crippen molar-refractivity contribution in [2.75, 3.05) is 13.1 Å². The van der Waals surface area contributed by atoms with Crippen LogP contribution in [-0.2, 0) is 10.0 Å². The maximum Gasteiger partial charge on any atom is 0.243 e. The van der Waals surface area contributed by atoms with E-state index in [9.17, 15) is 12.8 Å². The molecule has 1 fully saturated rings. The zero-order chi connectivity index (χ0) is 14.0. The van der Waals surface area contributed by atoms with Gasteiger partial charge in [-0.15, -0.1) is 0 Å². The molecular formula is C14H20FNO2S. The zero-order valence-corrected chi connectivity index (χ0v) is 12.2. The highest BCUT2D eigenvalue weighted by molar-refractivity contribution is 7.89. The van der Waals surface area contributed by atoms with Crippen LogP contribution in [0.25, 0.3) is 0 Å². The molecular weight excluding hydrogens is 265 g/mol. The van der Waals surface area contributed by atoms with Crippen molar-refractivity contribution in [1.29, 1.82) is 0 Å². The molecule has 1 aromatic carbocycles. The normalized spacial score (nSPS) is 18.9. The summed E-state index contributed by atoms with van der Waals surface area (Å²) < 4.78 is 39.1. The van der Waals surface area contributed by atoms with Gasteiger partial charge in [-0.3, -0.25) is 0 Å². The van der Waals surface area contributed by atoms with E-state index >= 15 is 0 Å². The molecule has 0 saturated carbocycles. The maximum absolute atomic E-state index is 12.8. The highest BCUT2D eigenvalue weighted by Gasteiger charge is 2.30. The van der Waals surface area contributed by atoms with Crippen molar-refractivity contribution in [3.05, 3.63) is 30.1 Å². The van der Waals surface area contributed by atoms with Gasteiger partial charge in [0.15, 0.2) is 0 Å². The molecule has 5 heteroatoms. The Bertz CT molecular complexity index is 517. The smallest absolute Gasteiger partial charge is 0.207 e. The molecule has 0 N–H and O–H groups in total. The quantitative estimate of drug-likeness (QED) is 0.856. The summed E-state index contributed by atoms with van der Waals surface area (Å²) >= 11 is 0. The Kier molecular flexibility index (Phi) is 4.26. The van der Waals surface area contributed by atoms with Crippen molar-refractivity contribution in [1.82, 2.24) is 4.31 Å². The third kappa shape index (κ3) is 3.15. The van der Waals surface area contributed by atoms with Crippen molar-refractivity contribution in [3.63, 3.8) is 0 Å². The lowest BCUT2D eigenvalue weighted by atomic mass is 9.87. The van der Waals surface area contributed by atoms with Crippen LogP contribution < -0.4 is 0 Å². The van der Waals surface area contributed by atoms with E-state index in [1.54, 1.807) is 0 Å². The van der Waals surface area contributed by atoms with Gasteiger partial charge in [-0.1, -0.05) is 13.8 Å². The van der Waals surface area contributed by atoms with E-state index in [2.05, 4.69) is 13.8 Å². The fourth-order valence-corrected chi connectivity index (χ4v) is 4.01. The first-order valence-electron chi connectivity index (χ1n) is 6.67. The molecule has 0 radical (unpaired) electrons. The van der Waals surface area contributed by atoms with Crippen molar-refractivity contribution in [2.45, 2.75) is 31.6 Å². The molecule has 1 heterocycles. The number of halogens is 1. The number of sulfonamides is 1. The van der Waals surface area contributed by atoms with E-state index < -0.39 is 15.8 Å². The summed E-state index contributed by atoms with van der Waals surface area (Å²) in [5.74, 6) is 0.771. The third-order valence-corrected chi connectivity index (χ3v) is 5.81. The Hall–Kier alpha value is -0.940. The third-order valence-electron chi connectivity index (χ3n) is 3.89. The summed E-state index contributed by atoms with van der Waals surface area (Å²) in [6.07, 6.45) is 1.80. The minimum Gasteiger partial charge on any atom is -0.207 e. The van der Waals surface area contributed by atoms with Gasteiger partial charge >= 0.3 is 0 Å². The summed E-state index contributed by atoms with van der Waals surface area (Å²) in [5, 5.41) is 0. The van der Waals surface area contributed by atoms with Crippen LogP contribution in [0.5, 0.6) is 0 Å². The fraction of sp³-hybridized carbons (Fsp3) is 0.571. The van der Waals surface area contributed by atoms with Gasteiger partial charge in [0.25, 0.3) is 0 Å². The average Bonchev–Trinajstić information content (AvgIpc) is 2.39. The van der Waals surface area contributed by atoms with E-state index in [-0.39, 0.29) is 4.90 Å². The highest BCUT2D eigenvalue weighted by Crippen LogP contribution is 2.28. The molecule has 0 aliphatic carbocycles. The van der Waals surface area contributed by atoms with Crippen LogP contribution in [0, 0.1) is 17.7 Å². The lowest BCUT2D eigenvalue weighted by Crippen LogP contribution is -2.39. The lowest BCUT2D eigenvalue weighted by molar-refractivity contribution is 0.226. The molecule has 0 bridgehead atoms. The van der Waals surface area contributed by atoms with E-state index in [0.29, 0.717) is 24.9 Å². The van der Waals surface area contributed by atoms with Crippen molar-refractivity contribution >= 4 is 10.0 Å². The molecule has 1 aromatic rings. The number of piperidine rings is 1. The summed E-state index contributed by atoms with van der Waals surface area (Å²) in [7, 11) is -3.46. The van der Waals surface area contributed by atoms with Gasteiger partial charge in [0.05, 0.1) is 4.90 Å². The Morgan fingerprint density at radius 3 is 2.16 bits per heavy atom. The molecule has 106 valence electrons. The summed E-state index contributed by atoms with van der Waals surface area (Å²) in [4.78, 5) is 0.178. The Labute approximate surface area is 114 Å². The van der Waals surface area contributed by atoms with Gasteiger partial charge in [-0.05, 0) is 48.9 Å². The van der Waals surface area contributed by atoms with Gasteiger partial charge < -0.3 is 0 Å². The monoisotopic (exact) mass is 285 g/mol.